The van der Waals surface area contributed by atoms with Crippen LogP contribution in [0.1, 0.15) is 25.7 Å². The van der Waals surface area contributed by atoms with E-state index in [4.69, 9.17) is 10.5 Å². The molecular formula is C10H18F3NO. The lowest BCUT2D eigenvalue weighted by molar-refractivity contribution is -0.186. The van der Waals surface area contributed by atoms with Crippen LogP contribution >= 0.6 is 0 Å². The molecule has 2 nitrogen and oxygen atoms in total. The lowest BCUT2D eigenvalue weighted by Crippen LogP contribution is -2.34. The molecule has 0 aromatic heterocycles. The maximum atomic E-state index is 12.3. The first-order valence-corrected chi connectivity index (χ1v) is 5.38. The summed E-state index contributed by atoms with van der Waals surface area (Å²) in [6.07, 6.45) is 0.282. The van der Waals surface area contributed by atoms with E-state index in [1.54, 1.807) is 0 Å². The zero-order valence-corrected chi connectivity index (χ0v) is 8.72. The molecule has 0 aliphatic heterocycles. The largest absolute Gasteiger partial charge is 0.395 e. The van der Waals surface area contributed by atoms with Gasteiger partial charge in [0, 0.05) is 13.2 Å². The van der Waals surface area contributed by atoms with Crippen molar-refractivity contribution >= 4 is 0 Å². The molecule has 0 aromatic carbocycles. The van der Waals surface area contributed by atoms with Gasteiger partial charge in [-0.05, 0) is 18.8 Å². The van der Waals surface area contributed by atoms with Gasteiger partial charge in [-0.3, -0.25) is 0 Å². The lowest BCUT2D eigenvalue weighted by Gasteiger charge is -2.19. The molecule has 1 fully saturated rings. The van der Waals surface area contributed by atoms with Crippen molar-refractivity contribution in [1.82, 2.24) is 0 Å². The average molecular weight is 225 g/mol. The van der Waals surface area contributed by atoms with E-state index >= 15 is 0 Å². The van der Waals surface area contributed by atoms with Crippen molar-refractivity contribution in [3.63, 3.8) is 0 Å². The van der Waals surface area contributed by atoms with Gasteiger partial charge in [0.1, 0.15) is 0 Å². The van der Waals surface area contributed by atoms with Gasteiger partial charge in [0.2, 0.25) is 0 Å². The third kappa shape index (κ3) is 4.38. The average Bonchev–Trinajstić information content (AvgIpc) is 2.62. The van der Waals surface area contributed by atoms with E-state index in [-0.39, 0.29) is 6.61 Å². The van der Waals surface area contributed by atoms with E-state index < -0.39 is 18.6 Å². The van der Waals surface area contributed by atoms with Crippen molar-refractivity contribution in [2.45, 2.75) is 31.9 Å². The zero-order chi connectivity index (χ0) is 11.3. The Morgan fingerprint density at radius 2 is 1.87 bits per heavy atom. The molecule has 0 amide bonds. The molecule has 0 radical (unpaired) electrons. The van der Waals surface area contributed by atoms with Crippen LogP contribution in [0.2, 0.25) is 0 Å². The summed E-state index contributed by atoms with van der Waals surface area (Å²) in [5.41, 5.74) is 5.05. The molecule has 0 spiro atoms. The molecule has 15 heavy (non-hydrogen) atoms. The van der Waals surface area contributed by atoms with E-state index in [1.165, 1.54) is 12.8 Å². The van der Waals surface area contributed by atoms with Gasteiger partial charge < -0.3 is 10.5 Å². The smallest absolute Gasteiger partial charge is 0.380 e. The molecule has 1 rings (SSSR count). The first-order valence-electron chi connectivity index (χ1n) is 5.38. The molecule has 1 aliphatic rings. The van der Waals surface area contributed by atoms with Crippen LogP contribution in [0.3, 0.4) is 0 Å². The van der Waals surface area contributed by atoms with E-state index in [0.29, 0.717) is 12.5 Å². The fraction of sp³-hybridized carbons (Fsp3) is 1.00. The number of nitrogens with two attached hydrogens (primary N) is 1. The van der Waals surface area contributed by atoms with Gasteiger partial charge in [-0.2, -0.15) is 13.2 Å². The van der Waals surface area contributed by atoms with Gasteiger partial charge >= 0.3 is 6.18 Å². The number of rotatable bonds is 5. The Labute approximate surface area is 88.0 Å². The predicted molar refractivity (Wildman–Crippen MR) is 51.4 cm³/mol. The van der Waals surface area contributed by atoms with Crippen molar-refractivity contribution in [1.29, 1.82) is 0 Å². The number of hydrogen-bond acceptors (Lipinski definition) is 2. The number of halogens is 3. The monoisotopic (exact) mass is 225 g/mol. The summed E-state index contributed by atoms with van der Waals surface area (Å²) in [6.45, 7) is -0.239. The van der Waals surface area contributed by atoms with Crippen LogP contribution in [-0.4, -0.2) is 25.9 Å². The minimum Gasteiger partial charge on any atom is -0.380 e. The highest BCUT2D eigenvalue weighted by atomic mass is 19.4. The van der Waals surface area contributed by atoms with E-state index in [0.717, 1.165) is 12.8 Å². The van der Waals surface area contributed by atoms with Crippen LogP contribution in [0.5, 0.6) is 0 Å². The highest BCUT2D eigenvalue weighted by Crippen LogP contribution is 2.27. The fourth-order valence-electron chi connectivity index (χ4n) is 1.85. The van der Waals surface area contributed by atoms with Gasteiger partial charge in [-0.1, -0.05) is 12.8 Å². The Balaban J connectivity index is 2.16. The summed E-state index contributed by atoms with van der Waals surface area (Å²) in [7, 11) is 0. The summed E-state index contributed by atoms with van der Waals surface area (Å²) >= 11 is 0. The van der Waals surface area contributed by atoms with Gasteiger partial charge in [0.15, 0.2) is 0 Å². The second-order valence-electron chi connectivity index (χ2n) is 4.16. The second-order valence-corrected chi connectivity index (χ2v) is 4.16. The van der Waals surface area contributed by atoms with Gasteiger partial charge in [-0.25, -0.2) is 0 Å². The van der Waals surface area contributed by atoms with Crippen LogP contribution in [0.15, 0.2) is 0 Å². The standard InChI is InChI=1S/C10H18F3NO/c11-10(12,13)9(5-14)7-15-6-8-3-1-2-4-8/h8-9H,1-7,14H2. The lowest BCUT2D eigenvalue weighted by atomic mass is 10.1. The molecular weight excluding hydrogens is 207 g/mol. The van der Waals surface area contributed by atoms with E-state index in [1.807, 2.05) is 0 Å². The Bertz CT molecular complexity index is 178. The van der Waals surface area contributed by atoms with Crippen molar-refractivity contribution in [3.05, 3.63) is 0 Å². The van der Waals surface area contributed by atoms with Crippen molar-refractivity contribution < 1.29 is 17.9 Å². The molecule has 0 bridgehead atoms. The zero-order valence-electron chi connectivity index (χ0n) is 8.72. The Hall–Kier alpha value is -0.290. The third-order valence-corrected chi connectivity index (χ3v) is 2.89. The Kier molecular flexibility index (Phi) is 4.86. The summed E-state index contributed by atoms with van der Waals surface area (Å²) in [5, 5.41) is 0. The predicted octanol–water partition coefficient (Wildman–Crippen LogP) is 2.33. The van der Waals surface area contributed by atoms with Crippen LogP contribution in [0.25, 0.3) is 0 Å². The minimum absolute atomic E-state index is 0.295. The second kappa shape index (κ2) is 5.70. The third-order valence-electron chi connectivity index (χ3n) is 2.89. The molecule has 90 valence electrons. The van der Waals surface area contributed by atoms with E-state index in [9.17, 15) is 13.2 Å². The Morgan fingerprint density at radius 3 is 2.33 bits per heavy atom. The summed E-state index contributed by atoms with van der Waals surface area (Å²) in [6, 6.07) is 0. The maximum absolute atomic E-state index is 12.3. The molecule has 2 N–H and O–H groups in total. The highest BCUT2D eigenvalue weighted by Gasteiger charge is 2.38. The number of alkyl halides is 3. The number of hydrogen-bond donors (Lipinski definition) is 1. The van der Waals surface area contributed by atoms with Gasteiger partial charge in [0.05, 0.1) is 12.5 Å². The van der Waals surface area contributed by atoms with Gasteiger partial charge in [-0.15, -0.1) is 0 Å². The summed E-state index contributed by atoms with van der Waals surface area (Å²) < 4.78 is 41.9. The molecule has 1 saturated carbocycles. The van der Waals surface area contributed by atoms with Crippen LogP contribution < -0.4 is 5.73 Å². The van der Waals surface area contributed by atoms with Crippen molar-refractivity contribution in [3.8, 4) is 0 Å². The van der Waals surface area contributed by atoms with Crippen LogP contribution in [-0.2, 0) is 4.74 Å². The maximum Gasteiger partial charge on any atom is 0.395 e. The molecule has 1 aliphatic carbocycles. The first-order chi connectivity index (χ1) is 7.04. The van der Waals surface area contributed by atoms with Crippen LogP contribution in [0, 0.1) is 11.8 Å². The van der Waals surface area contributed by atoms with Crippen LogP contribution in [0.4, 0.5) is 13.2 Å². The quantitative estimate of drug-likeness (QED) is 0.779. The molecule has 0 saturated heterocycles. The fourth-order valence-corrected chi connectivity index (χ4v) is 1.85. The minimum atomic E-state index is -4.23. The first kappa shape index (κ1) is 12.8. The normalized spacial score (nSPS) is 20.8. The molecule has 5 heteroatoms. The molecule has 1 unspecified atom stereocenters. The SMILES string of the molecule is NCC(COCC1CCCC1)C(F)(F)F. The summed E-state index contributed by atoms with van der Waals surface area (Å²) in [5.74, 6) is -1.06. The van der Waals surface area contributed by atoms with Gasteiger partial charge in [0.25, 0.3) is 0 Å². The highest BCUT2D eigenvalue weighted by molar-refractivity contribution is 4.70. The molecule has 0 aromatic rings. The Morgan fingerprint density at radius 1 is 1.27 bits per heavy atom. The topological polar surface area (TPSA) is 35.2 Å². The summed E-state index contributed by atoms with van der Waals surface area (Å²) in [4.78, 5) is 0. The van der Waals surface area contributed by atoms with E-state index in [2.05, 4.69) is 0 Å². The molecule has 0 heterocycles. The molecule has 1 atom stereocenters. The number of ether oxygens (including phenoxy) is 1. The van der Waals surface area contributed by atoms with Crippen molar-refractivity contribution in [2.75, 3.05) is 19.8 Å². The van der Waals surface area contributed by atoms with Crippen molar-refractivity contribution in [2.24, 2.45) is 17.6 Å².